The molecule has 9 heteroatoms. The van der Waals surface area contributed by atoms with Gasteiger partial charge in [0.15, 0.2) is 11.5 Å². The third kappa shape index (κ3) is 3.62. The van der Waals surface area contributed by atoms with Crippen LogP contribution in [0.25, 0.3) is 11.3 Å². The predicted molar refractivity (Wildman–Crippen MR) is 110 cm³/mol. The van der Waals surface area contributed by atoms with Gasteiger partial charge in [0.25, 0.3) is 5.91 Å². The zero-order chi connectivity index (χ0) is 20.5. The van der Waals surface area contributed by atoms with E-state index in [9.17, 15) is 4.79 Å². The van der Waals surface area contributed by atoms with Crippen molar-refractivity contribution < 1.29 is 14.3 Å². The number of rotatable bonds is 0. The predicted octanol–water partition coefficient (Wildman–Crippen LogP) is 1.87. The van der Waals surface area contributed by atoms with E-state index in [4.69, 9.17) is 15.2 Å². The number of nitrogens with one attached hydrogen (secondary N) is 2. The van der Waals surface area contributed by atoms with Crippen LogP contribution in [0, 0.1) is 0 Å². The van der Waals surface area contributed by atoms with Crippen molar-refractivity contribution >= 4 is 17.4 Å². The normalized spacial score (nSPS) is 20.5. The summed E-state index contributed by atoms with van der Waals surface area (Å²) in [6, 6.07) is 9.40. The van der Waals surface area contributed by atoms with Crippen molar-refractivity contribution in [3.63, 3.8) is 0 Å². The van der Waals surface area contributed by atoms with E-state index in [2.05, 4.69) is 25.6 Å². The minimum absolute atomic E-state index is 0.0301. The number of hydrogen-bond acceptors (Lipinski definition) is 8. The summed E-state index contributed by atoms with van der Waals surface area (Å²) in [6.07, 6.45) is 5.52. The molecule has 152 valence electrons. The summed E-state index contributed by atoms with van der Waals surface area (Å²) in [7, 11) is 0. The Labute approximate surface area is 172 Å². The van der Waals surface area contributed by atoms with Crippen molar-refractivity contribution in [1.82, 2.24) is 20.3 Å². The topological polar surface area (TPSA) is 124 Å². The molecule has 30 heavy (non-hydrogen) atoms. The molecule has 0 aliphatic carbocycles. The number of benzene rings is 1. The van der Waals surface area contributed by atoms with Crippen molar-refractivity contribution in [2.45, 2.75) is 18.6 Å². The van der Waals surface area contributed by atoms with Gasteiger partial charge in [0, 0.05) is 36.8 Å². The highest BCUT2D eigenvalue weighted by molar-refractivity contribution is 6.06. The van der Waals surface area contributed by atoms with Crippen LogP contribution in [-0.2, 0) is 0 Å². The molecule has 1 saturated heterocycles. The van der Waals surface area contributed by atoms with E-state index in [-0.39, 0.29) is 23.7 Å². The van der Waals surface area contributed by atoms with Crippen LogP contribution in [-0.4, -0.2) is 46.2 Å². The van der Waals surface area contributed by atoms with Crippen LogP contribution in [0.5, 0.6) is 11.5 Å². The average Bonchev–Trinajstić information content (AvgIpc) is 3.20. The molecule has 4 N–H and O–H groups in total. The second-order valence-corrected chi connectivity index (χ2v) is 7.23. The number of amides is 1. The van der Waals surface area contributed by atoms with E-state index in [0.29, 0.717) is 23.7 Å². The smallest absolute Gasteiger partial charge is 0.278 e. The van der Waals surface area contributed by atoms with Gasteiger partial charge in [-0.25, -0.2) is 9.97 Å². The number of carbonyl (C=O) groups is 1. The second-order valence-electron chi connectivity index (χ2n) is 7.23. The fourth-order valence-corrected chi connectivity index (χ4v) is 3.60. The summed E-state index contributed by atoms with van der Waals surface area (Å²) in [5, 5.41) is 6.21. The van der Waals surface area contributed by atoms with Crippen LogP contribution in [0.4, 0.5) is 11.5 Å². The largest absolute Gasteiger partial charge is 0.490 e. The number of pyridine rings is 1. The molecule has 0 radical (unpaired) electrons. The van der Waals surface area contributed by atoms with E-state index in [1.165, 1.54) is 6.20 Å². The van der Waals surface area contributed by atoms with Crippen molar-refractivity contribution in [2.24, 2.45) is 0 Å². The Hall–Kier alpha value is -3.72. The van der Waals surface area contributed by atoms with Gasteiger partial charge in [-0.3, -0.25) is 9.78 Å². The molecule has 9 nitrogen and oxygen atoms in total. The number of fused-ring (bicyclic) bond motifs is 8. The molecule has 1 amide bonds. The quantitative estimate of drug-likeness (QED) is 0.519. The monoisotopic (exact) mass is 404 g/mol. The number of nitrogens with zero attached hydrogens (tertiary/aromatic N) is 3. The third-order valence-corrected chi connectivity index (χ3v) is 5.10. The van der Waals surface area contributed by atoms with Gasteiger partial charge in [-0.15, -0.1) is 0 Å². The van der Waals surface area contributed by atoms with Gasteiger partial charge in [-0.05, 0) is 12.1 Å². The number of carbonyl (C=O) groups excluding carboxylic acids is 1. The zero-order valence-electron chi connectivity index (χ0n) is 16.0. The molecule has 1 aromatic carbocycles. The van der Waals surface area contributed by atoms with Crippen LogP contribution >= 0.6 is 0 Å². The summed E-state index contributed by atoms with van der Waals surface area (Å²) >= 11 is 0. The lowest BCUT2D eigenvalue weighted by atomic mass is 10.1. The van der Waals surface area contributed by atoms with E-state index in [0.717, 1.165) is 24.3 Å². The molecule has 5 rings (SSSR count). The summed E-state index contributed by atoms with van der Waals surface area (Å²) in [6.45, 7) is 1.16. The van der Waals surface area contributed by atoms with Gasteiger partial charge in [0.2, 0.25) is 0 Å². The van der Waals surface area contributed by atoms with Gasteiger partial charge >= 0.3 is 0 Å². The first kappa shape index (κ1) is 18.3. The molecule has 2 aromatic heterocycles. The Morgan fingerprint density at radius 1 is 1.20 bits per heavy atom. The Balaban J connectivity index is 1.57. The van der Waals surface area contributed by atoms with Crippen LogP contribution in [0.15, 0.2) is 48.9 Å². The molecule has 6 bridgehead atoms. The van der Waals surface area contributed by atoms with E-state index >= 15 is 0 Å². The first-order valence-electron chi connectivity index (χ1n) is 9.67. The van der Waals surface area contributed by atoms with Crippen LogP contribution in [0.1, 0.15) is 16.9 Å². The summed E-state index contributed by atoms with van der Waals surface area (Å²) in [4.78, 5) is 25.6. The van der Waals surface area contributed by atoms with Crippen LogP contribution in [0.2, 0.25) is 0 Å². The molecule has 2 aliphatic rings. The van der Waals surface area contributed by atoms with Gasteiger partial charge < -0.3 is 25.8 Å². The number of nitrogens with two attached hydrogens (primary N) is 1. The number of hydrogen-bond donors (Lipinski definition) is 3. The number of nitrogen functional groups attached to an aromatic ring is 1. The molecule has 2 atom stereocenters. The molecule has 0 spiro atoms. The Bertz CT molecular complexity index is 1110. The SMILES string of the molecule is Nc1ncc2nc1C(=O)Nc1cnccc1OCC1C[C@@H](CN1)Oc1cccc-2c1. The number of aromatic nitrogens is 3. The lowest BCUT2D eigenvalue weighted by Gasteiger charge is -2.17. The number of ether oxygens (including phenoxy) is 2. The molecule has 3 aromatic rings. The molecule has 0 saturated carbocycles. The standard InChI is InChI=1S/C21H20N6O3/c22-20-19-21(28)27-17-9-23-5-4-18(17)29-11-13-7-15(8-24-13)30-14-3-1-2-12(6-14)16(26-19)10-25-20/h1-6,9-10,13,15,24H,7-8,11H2,(H2,22,25)(H,27,28)/t13?,15-/m0/s1. The van der Waals surface area contributed by atoms with Gasteiger partial charge in [-0.2, -0.15) is 0 Å². The summed E-state index contributed by atoms with van der Waals surface area (Å²) in [5.74, 6) is 0.801. The maximum Gasteiger partial charge on any atom is 0.278 e. The fourth-order valence-electron chi connectivity index (χ4n) is 3.60. The fraction of sp³-hybridized carbons (Fsp3) is 0.238. The van der Waals surface area contributed by atoms with Crippen molar-refractivity contribution in [1.29, 1.82) is 0 Å². The minimum atomic E-state index is -0.488. The molecule has 4 heterocycles. The van der Waals surface area contributed by atoms with Crippen LogP contribution in [0.3, 0.4) is 0 Å². The Morgan fingerprint density at radius 3 is 3.07 bits per heavy atom. The Morgan fingerprint density at radius 2 is 2.13 bits per heavy atom. The maximum atomic E-state index is 12.9. The second kappa shape index (κ2) is 7.60. The van der Waals surface area contributed by atoms with Gasteiger partial charge in [0.1, 0.15) is 29.9 Å². The highest BCUT2D eigenvalue weighted by atomic mass is 16.5. The van der Waals surface area contributed by atoms with E-state index in [1.54, 1.807) is 18.5 Å². The summed E-state index contributed by atoms with van der Waals surface area (Å²) < 4.78 is 12.1. The maximum absolute atomic E-state index is 12.9. The molecule has 1 fully saturated rings. The van der Waals surface area contributed by atoms with Crippen molar-refractivity contribution in [3.05, 3.63) is 54.6 Å². The lowest BCUT2D eigenvalue weighted by molar-refractivity contribution is 0.102. The lowest BCUT2D eigenvalue weighted by Crippen LogP contribution is -2.28. The summed E-state index contributed by atoms with van der Waals surface area (Å²) in [5.41, 5.74) is 7.72. The van der Waals surface area contributed by atoms with Crippen molar-refractivity contribution in [2.75, 3.05) is 24.2 Å². The van der Waals surface area contributed by atoms with Gasteiger partial charge in [0.05, 0.1) is 18.1 Å². The molecule has 2 aliphatic heterocycles. The van der Waals surface area contributed by atoms with Gasteiger partial charge in [-0.1, -0.05) is 12.1 Å². The minimum Gasteiger partial charge on any atom is -0.490 e. The average molecular weight is 404 g/mol. The molecular formula is C21H20N6O3. The van der Waals surface area contributed by atoms with Crippen LogP contribution < -0.4 is 25.8 Å². The van der Waals surface area contributed by atoms with Crippen molar-refractivity contribution in [3.8, 4) is 22.8 Å². The Kier molecular flexibility index (Phi) is 4.64. The first-order chi connectivity index (χ1) is 14.7. The highest BCUT2D eigenvalue weighted by Gasteiger charge is 2.27. The third-order valence-electron chi connectivity index (χ3n) is 5.10. The van der Waals surface area contributed by atoms with E-state index in [1.807, 2.05) is 24.3 Å². The molecular weight excluding hydrogens is 384 g/mol. The van der Waals surface area contributed by atoms with E-state index < -0.39 is 5.91 Å². The first-order valence-corrected chi connectivity index (χ1v) is 9.67. The molecule has 1 unspecified atom stereocenters. The zero-order valence-corrected chi connectivity index (χ0v) is 16.0. The number of anilines is 2. The highest BCUT2D eigenvalue weighted by Crippen LogP contribution is 2.28.